The Labute approximate surface area is 73.3 Å². The van der Waals surface area contributed by atoms with Crippen molar-refractivity contribution in [1.82, 2.24) is 0 Å². The van der Waals surface area contributed by atoms with Crippen molar-refractivity contribution in [2.24, 2.45) is 11.3 Å². The predicted octanol–water partition coefficient (Wildman–Crippen LogP) is 1.78. The van der Waals surface area contributed by atoms with Crippen molar-refractivity contribution in [3.05, 3.63) is 0 Å². The SMILES string of the molecule is CC12CCOC(C)(C)C1C(=O)C2. The van der Waals surface area contributed by atoms with Crippen molar-refractivity contribution < 1.29 is 9.53 Å². The number of Topliss-reactive ketones (excluding diaryl/α,β-unsaturated/α-hetero) is 1. The number of hydrogen-bond acceptors (Lipinski definition) is 2. The molecule has 0 radical (unpaired) electrons. The summed E-state index contributed by atoms with van der Waals surface area (Å²) in [4.78, 5) is 11.4. The smallest absolute Gasteiger partial charge is 0.139 e. The van der Waals surface area contributed by atoms with Crippen LogP contribution in [0.25, 0.3) is 0 Å². The molecule has 0 aromatic carbocycles. The van der Waals surface area contributed by atoms with Gasteiger partial charge in [0.15, 0.2) is 0 Å². The summed E-state index contributed by atoms with van der Waals surface area (Å²) in [5.74, 6) is 0.543. The molecule has 0 spiro atoms. The Balaban J connectivity index is 2.28. The number of rotatable bonds is 0. The van der Waals surface area contributed by atoms with Gasteiger partial charge < -0.3 is 4.74 Å². The Morgan fingerprint density at radius 1 is 1.42 bits per heavy atom. The standard InChI is InChI=1S/C10H16O2/c1-9(2)8-7(11)6-10(8,3)4-5-12-9/h8H,4-6H2,1-3H3. The van der Waals surface area contributed by atoms with Gasteiger partial charge in [0.1, 0.15) is 5.78 Å². The zero-order valence-electron chi connectivity index (χ0n) is 8.02. The van der Waals surface area contributed by atoms with E-state index in [0.29, 0.717) is 5.78 Å². The normalized spacial score (nSPS) is 44.9. The van der Waals surface area contributed by atoms with Gasteiger partial charge in [-0.1, -0.05) is 6.92 Å². The minimum absolute atomic E-state index is 0.152. The molecule has 2 nitrogen and oxygen atoms in total. The first-order valence-electron chi connectivity index (χ1n) is 4.62. The maximum atomic E-state index is 11.4. The zero-order chi connectivity index (χ0) is 8.98. The molecule has 2 heteroatoms. The van der Waals surface area contributed by atoms with Crippen LogP contribution in [0.15, 0.2) is 0 Å². The van der Waals surface area contributed by atoms with Crippen LogP contribution in [0.3, 0.4) is 0 Å². The maximum absolute atomic E-state index is 11.4. The number of carbonyl (C=O) groups is 1. The molecule has 1 saturated heterocycles. The second-order valence-corrected chi connectivity index (χ2v) is 4.93. The Morgan fingerprint density at radius 3 is 2.50 bits per heavy atom. The van der Waals surface area contributed by atoms with Crippen molar-refractivity contribution in [2.75, 3.05) is 6.61 Å². The first-order chi connectivity index (χ1) is 5.46. The van der Waals surface area contributed by atoms with Gasteiger partial charge in [0.2, 0.25) is 0 Å². The summed E-state index contributed by atoms with van der Waals surface area (Å²) in [5, 5.41) is 0. The first-order valence-corrected chi connectivity index (χ1v) is 4.62. The number of ketones is 1. The summed E-state index contributed by atoms with van der Waals surface area (Å²) in [6.07, 6.45) is 1.82. The van der Waals surface area contributed by atoms with Gasteiger partial charge in [-0.2, -0.15) is 0 Å². The fourth-order valence-electron chi connectivity index (χ4n) is 2.95. The highest BCUT2D eigenvalue weighted by molar-refractivity contribution is 5.90. The molecule has 0 bridgehead atoms. The topological polar surface area (TPSA) is 26.3 Å². The second-order valence-electron chi connectivity index (χ2n) is 4.93. The molecule has 0 N–H and O–H groups in total. The summed E-state index contributed by atoms with van der Waals surface area (Å²) in [6, 6.07) is 0. The number of hydrogen-bond donors (Lipinski definition) is 0. The van der Waals surface area contributed by atoms with Gasteiger partial charge in [0.25, 0.3) is 0 Å². The Kier molecular flexibility index (Phi) is 1.45. The number of fused-ring (bicyclic) bond motifs is 1. The van der Waals surface area contributed by atoms with Crippen molar-refractivity contribution >= 4 is 5.78 Å². The van der Waals surface area contributed by atoms with E-state index >= 15 is 0 Å². The molecule has 2 atom stereocenters. The Bertz CT molecular complexity index is 220. The van der Waals surface area contributed by atoms with Gasteiger partial charge in [-0.15, -0.1) is 0 Å². The first kappa shape index (κ1) is 8.24. The van der Waals surface area contributed by atoms with Crippen LogP contribution in [0.1, 0.15) is 33.6 Å². The summed E-state index contributed by atoms with van der Waals surface area (Å²) < 4.78 is 5.61. The van der Waals surface area contributed by atoms with Crippen LogP contribution in [0.2, 0.25) is 0 Å². The van der Waals surface area contributed by atoms with Gasteiger partial charge in [0.05, 0.1) is 11.5 Å². The summed E-state index contributed by atoms with van der Waals surface area (Å²) in [7, 11) is 0. The summed E-state index contributed by atoms with van der Waals surface area (Å²) in [5.41, 5.74) is 0.0289. The van der Waals surface area contributed by atoms with Crippen molar-refractivity contribution in [1.29, 1.82) is 0 Å². The van der Waals surface area contributed by atoms with E-state index in [-0.39, 0.29) is 16.9 Å². The lowest BCUT2D eigenvalue weighted by atomic mass is 9.52. The monoisotopic (exact) mass is 168 g/mol. The summed E-state index contributed by atoms with van der Waals surface area (Å²) in [6.45, 7) is 7.09. The van der Waals surface area contributed by atoms with E-state index in [1.165, 1.54) is 0 Å². The third kappa shape index (κ3) is 0.875. The largest absolute Gasteiger partial charge is 0.375 e. The molecule has 2 unspecified atom stereocenters. The fourth-order valence-corrected chi connectivity index (χ4v) is 2.95. The minimum Gasteiger partial charge on any atom is -0.375 e. The molecule has 2 aliphatic rings. The molecule has 1 aliphatic carbocycles. The molecule has 12 heavy (non-hydrogen) atoms. The fraction of sp³-hybridized carbons (Fsp3) is 0.900. The third-order valence-corrected chi connectivity index (χ3v) is 3.44. The van der Waals surface area contributed by atoms with Gasteiger partial charge in [-0.3, -0.25) is 4.79 Å². The molecule has 68 valence electrons. The second kappa shape index (κ2) is 2.11. The molecule has 0 amide bonds. The molecule has 1 aliphatic heterocycles. The van der Waals surface area contributed by atoms with Crippen LogP contribution in [0, 0.1) is 11.3 Å². The predicted molar refractivity (Wildman–Crippen MR) is 45.9 cm³/mol. The van der Waals surface area contributed by atoms with E-state index in [1.54, 1.807) is 0 Å². The quantitative estimate of drug-likeness (QED) is 0.551. The van der Waals surface area contributed by atoms with Crippen LogP contribution in [0.5, 0.6) is 0 Å². The van der Waals surface area contributed by atoms with Crippen LogP contribution in [-0.4, -0.2) is 18.0 Å². The number of carbonyl (C=O) groups excluding carboxylic acids is 1. The lowest BCUT2D eigenvalue weighted by Gasteiger charge is -2.56. The molecular weight excluding hydrogens is 152 g/mol. The highest BCUT2D eigenvalue weighted by atomic mass is 16.5. The van der Waals surface area contributed by atoms with E-state index in [9.17, 15) is 4.79 Å². The Hall–Kier alpha value is -0.370. The molecular formula is C10H16O2. The van der Waals surface area contributed by atoms with E-state index in [1.807, 2.05) is 13.8 Å². The average molecular weight is 168 g/mol. The Morgan fingerprint density at radius 2 is 2.08 bits per heavy atom. The molecule has 2 rings (SSSR count). The van der Waals surface area contributed by atoms with E-state index in [2.05, 4.69) is 6.92 Å². The van der Waals surface area contributed by atoms with Crippen molar-refractivity contribution in [2.45, 2.75) is 39.2 Å². The van der Waals surface area contributed by atoms with Gasteiger partial charge in [0, 0.05) is 13.0 Å². The maximum Gasteiger partial charge on any atom is 0.139 e. The van der Waals surface area contributed by atoms with Gasteiger partial charge in [-0.05, 0) is 25.7 Å². The van der Waals surface area contributed by atoms with Crippen LogP contribution >= 0.6 is 0 Å². The van der Waals surface area contributed by atoms with E-state index in [0.717, 1.165) is 19.4 Å². The zero-order valence-corrected chi connectivity index (χ0v) is 8.02. The van der Waals surface area contributed by atoms with Crippen LogP contribution in [0.4, 0.5) is 0 Å². The highest BCUT2D eigenvalue weighted by Gasteiger charge is 2.59. The summed E-state index contributed by atoms with van der Waals surface area (Å²) >= 11 is 0. The van der Waals surface area contributed by atoms with Gasteiger partial charge >= 0.3 is 0 Å². The lowest BCUT2D eigenvalue weighted by molar-refractivity contribution is -0.196. The third-order valence-electron chi connectivity index (χ3n) is 3.44. The van der Waals surface area contributed by atoms with Crippen molar-refractivity contribution in [3.8, 4) is 0 Å². The van der Waals surface area contributed by atoms with E-state index < -0.39 is 0 Å². The molecule has 1 heterocycles. The molecule has 2 fully saturated rings. The van der Waals surface area contributed by atoms with Crippen LogP contribution < -0.4 is 0 Å². The molecule has 0 aromatic heterocycles. The number of ether oxygens (including phenoxy) is 1. The van der Waals surface area contributed by atoms with E-state index in [4.69, 9.17) is 4.74 Å². The molecule has 0 aromatic rings. The molecule has 1 saturated carbocycles. The minimum atomic E-state index is -0.220. The average Bonchev–Trinajstić information content (AvgIpc) is 1.81. The van der Waals surface area contributed by atoms with Gasteiger partial charge in [-0.25, -0.2) is 0 Å². The lowest BCUT2D eigenvalue weighted by Crippen LogP contribution is -2.61. The van der Waals surface area contributed by atoms with Crippen molar-refractivity contribution in [3.63, 3.8) is 0 Å². The van der Waals surface area contributed by atoms with Crippen LogP contribution in [-0.2, 0) is 9.53 Å². The highest BCUT2D eigenvalue weighted by Crippen LogP contribution is 2.54.